The van der Waals surface area contributed by atoms with Crippen molar-refractivity contribution in [3.63, 3.8) is 0 Å². The molecule has 2 unspecified atom stereocenters. The smallest absolute Gasteiger partial charge is 0.309 e. The molecule has 0 aromatic heterocycles. The summed E-state index contributed by atoms with van der Waals surface area (Å²) in [6, 6.07) is 0. The topological polar surface area (TPSA) is 46.6 Å². The first kappa shape index (κ1) is 17.0. The number of hydrogen-bond donors (Lipinski definition) is 0. The Morgan fingerprint density at radius 2 is 1.82 bits per heavy atom. The van der Waals surface area contributed by atoms with Crippen LogP contribution < -0.4 is 0 Å². The molecule has 1 heterocycles. The van der Waals surface area contributed by atoms with E-state index in [9.17, 15) is 9.59 Å². The highest BCUT2D eigenvalue weighted by Crippen LogP contribution is 2.60. The minimum Gasteiger partial charge on any atom is -0.466 e. The van der Waals surface area contributed by atoms with E-state index in [1.54, 1.807) is 0 Å². The van der Waals surface area contributed by atoms with E-state index in [1.807, 2.05) is 11.8 Å². The minimum absolute atomic E-state index is 0.0372. The van der Waals surface area contributed by atoms with Crippen molar-refractivity contribution in [1.82, 2.24) is 4.90 Å². The van der Waals surface area contributed by atoms with Gasteiger partial charge in [0.05, 0.1) is 18.4 Å². The number of hydrogen-bond acceptors (Lipinski definition) is 3. The van der Waals surface area contributed by atoms with Crippen molar-refractivity contribution in [3.8, 4) is 0 Å². The van der Waals surface area contributed by atoms with Crippen LogP contribution >= 0.6 is 0 Å². The summed E-state index contributed by atoms with van der Waals surface area (Å²) < 4.78 is 5.08. The Morgan fingerprint density at radius 1 is 1.23 bits per heavy atom. The van der Waals surface area contributed by atoms with Crippen LogP contribution in [-0.2, 0) is 14.3 Å². The molecule has 0 aromatic carbocycles. The molecule has 1 amide bonds. The zero-order valence-electron chi connectivity index (χ0n) is 14.5. The first-order valence-electron chi connectivity index (χ1n) is 8.39. The monoisotopic (exact) mass is 307 g/mol. The molecular weight excluding hydrogens is 278 g/mol. The Bertz CT molecular complexity index is 469. The largest absolute Gasteiger partial charge is 0.466 e. The number of allylic oxidation sites excluding steroid dienone is 2. The van der Waals surface area contributed by atoms with Crippen LogP contribution in [0, 0.1) is 23.2 Å². The molecule has 1 aliphatic carbocycles. The third-order valence-electron chi connectivity index (χ3n) is 5.12. The maximum Gasteiger partial charge on any atom is 0.309 e. The second kappa shape index (κ2) is 6.43. The van der Waals surface area contributed by atoms with Crippen molar-refractivity contribution < 1.29 is 14.3 Å². The van der Waals surface area contributed by atoms with Gasteiger partial charge in [-0.2, -0.15) is 0 Å². The predicted octanol–water partition coefficient (Wildman–Crippen LogP) is 3.03. The zero-order valence-corrected chi connectivity index (χ0v) is 14.5. The highest BCUT2D eigenvalue weighted by Gasteiger charge is 2.61. The standard InChI is InChI=1S/C18H29NO3/c1-6-22-17(21)13-7-9-19(10-8-13)16(20)15-14(11-12(2)3)18(15,4)5/h11,13-15H,6-10H2,1-5H3. The molecule has 1 saturated carbocycles. The number of esters is 1. The molecule has 2 atom stereocenters. The lowest BCUT2D eigenvalue weighted by molar-refractivity contribution is -0.151. The van der Waals surface area contributed by atoms with Gasteiger partial charge in [0.25, 0.3) is 0 Å². The zero-order chi connectivity index (χ0) is 16.5. The molecule has 2 fully saturated rings. The Hall–Kier alpha value is -1.32. The predicted molar refractivity (Wildman–Crippen MR) is 86.1 cm³/mol. The maximum atomic E-state index is 12.8. The summed E-state index contributed by atoms with van der Waals surface area (Å²) in [5.74, 6) is 0.567. The van der Waals surface area contributed by atoms with Gasteiger partial charge in [0, 0.05) is 13.1 Å². The van der Waals surface area contributed by atoms with E-state index in [2.05, 4.69) is 33.8 Å². The van der Waals surface area contributed by atoms with E-state index in [0.717, 1.165) is 12.8 Å². The molecule has 0 N–H and O–H groups in total. The lowest BCUT2D eigenvalue weighted by atomic mass is 9.96. The maximum absolute atomic E-state index is 12.8. The molecule has 124 valence electrons. The summed E-state index contributed by atoms with van der Waals surface area (Å²) in [6.45, 7) is 12.1. The first-order valence-corrected chi connectivity index (χ1v) is 8.39. The van der Waals surface area contributed by atoms with Gasteiger partial charge < -0.3 is 9.64 Å². The summed E-state index contributed by atoms with van der Waals surface area (Å²) in [4.78, 5) is 26.5. The van der Waals surface area contributed by atoms with Crippen LogP contribution in [0.15, 0.2) is 11.6 Å². The first-order chi connectivity index (χ1) is 10.3. The number of nitrogens with zero attached hydrogens (tertiary/aromatic N) is 1. The van der Waals surface area contributed by atoms with Gasteiger partial charge in [0.1, 0.15) is 0 Å². The van der Waals surface area contributed by atoms with E-state index in [4.69, 9.17) is 4.74 Å². The molecular formula is C18H29NO3. The molecule has 1 saturated heterocycles. The molecule has 22 heavy (non-hydrogen) atoms. The SMILES string of the molecule is CCOC(=O)C1CCN(C(=O)C2C(C=C(C)C)C2(C)C)CC1. The van der Waals surface area contributed by atoms with Gasteiger partial charge in [0.15, 0.2) is 0 Å². The molecule has 0 aromatic rings. The molecule has 2 aliphatic rings. The van der Waals surface area contributed by atoms with Gasteiger partial charge in [-0.15, -0.1) is 0 Å². The Morgan fingerprint density at radius 3 is 2.32 bits per heavy atom. The normalized spacial score (nSPS) is 27.2. The lowest BCUT2D eigenvalue weighted by Crippen LogP contribution is -2.42. The number of rotatable bonds is 4. The van der Waals surface area contributed by atoms with Gasteiger partial charge in [-0.05, 0) is 44.9 Å². The number of piperidine rings is 1. The van der Waals surface area contributed by atoms with E-state index >= 15 is 0 Å². The summed E-state index contributed by atoms with van der Waals surface area (Å²) in [6.07, 6.45) is 3.68. The van der Waals surface area contributed by atoms with Gasteiger partial charge in [-0.25, -0.2) is 0 Å². The second-order valence-electron chi connectivity index (χ2n) is 7.42. The molecule has 4 nitrogen and oxygen atoms in total. The van der Waals surface area contributed by atoms with Crippen LogP contribution in [-0.4, -0.2) is 36.5 Å². The third kappa shape index (κ3) is 3.36. The van der Waals surface area contributed by atoms with Crippen molar-refractivity contribution >= 4 is 11.9 Å². The van der Waals surface area contributed by atoms with Crippen molar-refractivity contribution in [1.29, 1.82) is 0 Å². The molecule has 0 bridgehead atoms. The molecule has 4 heteroatoms. The molecule has 2 rings (SSSR count). The minimum atomic E-state index is -0.108. The molecule has 0 spiro atoms. The number of carbonyl (C=O) groups is 2. The van der Waals surface area contributed by atoms with E-state index in [1.165, 1.54) is 5.57 Å². The van der Waals surface area contributed by atoms with Crippen molar-refractivity contribution in [2.75, 3.05) is 19.7 Å². The number of likely N-dealkylation sites (tertiary alicyclic amines) is 1. The highest BCUT2D eigenvalue weighted by molar-refractivity contribution is 5.84. The lowest BCUT2D eigenvalue weighted by Gasteiger charge is -2.31. The van der Waals surface area contributed by atoms with Crippen molar-refractivity contribution in [2.45, 2.75) is 47.5 Å². The van der Waals surface area contributed by atoms with Crippen LogP contribution in [0.25, 0.3) is 0 Å². The van der Waals surface area contributed by atoms with Crippen LogP contribution in [0.3, 0.4) is 0 Å². The van der Waals surface area contributed by atoms with Gasteiger partial charge >= 0.3 is 5.97 Å². The van der Waals surface area contributed by atoms with Crippen LogP contribution in [0.4, 0.5) is 0 Å². The summed E-state index contributed by atoms with van der Waals surface area (Å²) in [5.41, 5.74) is 1.33. The fourth-order valence-electron chi connectivity index (χ4n) is 3.61. The second-order valence-corrected chi connectivity index (χ2v) is 7.42. The van der Waals surface area contributed by atoms with Gasteiger partial charge in [0.2, 0.25) is 5.91 Å². The highest BCUT2D eigenvalue weighted by atomic mass is 16.5. The average Bonchev–Trinajstić information content (AvgIpc) is 2.98. The van der Waals surface area contributed by atoms with Crippen molar-refractivity contribution in [3.05, 3.63) is 11.6 Å². The Labute approximate surface area is 133 Å². The number of ether oxygens (including phenoxy) is 1. The van der Waals surface area contributed by atoms with Gasteiger partial charge in [-0.3, -0.25) is 9.59 Å². The summed E-state index contributed by atoms with van der Waals surface area (Å²) >= 11 is 0. The van der Waals surface area contributed by atoms with Crippen LogP contribution in [0.2, 0.25) is 0 Å². The fourth-order valence-corrected chi connectivity index (χ4v) is 3.61. The van der Waals surface area contributed by atoms with Crippen LogP contribution in [0.5, 0.6) is 0 Å². The number of carbonyl (C=O) groups excluding carboxylic acids is 2. The number of amides is 1. The van der Waals surface area contributed by atoms with E-state index in [-0.39, 0.29) is 29.1 Å². The fraction of sp³-hybridized carbons (Fsp3) is 0.778. The average molecular weight is 307 g/mol. The van der Waals surface area contributed by atoms with E-state index < -0.39 is 0 Å². The summed E-state index contributed by atoms with van der Waals surface area (Å²) in [5, 5.41) is 0. The molecule has 0 radical (unpaired) electrons. The summed E-state index contributed by atoms with van der Waals surface area (Å²) in [7, 11) is 0. The van der Waals surface area contributed by atoms with E-state index in [0.29, 0.717) is 25.6 Å². The Kier molecular flexibility index (Phi) is 4.98. The molecule has 1 aliphatic heterocycles. The van der Waals surface area contributed by atoms with Crippen LogP contribution in [0.1, 0.15) is 47.5 Å². The van der Waals surface area contributed by atoms with Gasteiger partial charge in [-0.1, -0.05) is 25.5 Å². The third-order valence-corrected chi connectivity index (χ3v) is 5.12. The Balaban J connectivity index is 1.91. The van der Waals surface area contributed by atoms with Crippen molar-refractivity contribution in [2.24, 2.45) is 23.2 Å². The quantitative estimate of drug-likeness (QED) is 0.592.